The number of aryl methyl sites for hydroxylation is 2. The zero-order valence-electron chi connectivity index (χ0n) is 21.9. The Labute approximate surface area is 244 Å². The molecule has 8 bridgehead atoms. The summed E-state index contributed by atoms with van der Waals surface area (Å²) < 4.78 is 0. The van der Waals surface area contributed by atoms with Crippen LogP contribution < -0.4 is 5.73 Å². The van der Waals surface area contributed by atoms with Crippen molar-refractivity contribution in [3.8, 4) is 0 Å². The van der Waals surface area contributed by atoms with Gasteiger partial charge in [0.1, 0.15) is 0 Å². The molecular weight excluding hydrogens is 534 g/mol. The predicted molar refractivity (Wildman–Crippen MR) is 164 cm³/mol. The number of nitrogens with zero attached hydrogens (tertiary/aromatic N) is 2. The summed E-state index contributed by atoms with van der Waals surface area (Å²) in [5.74, 6) is 0. The molecule has 40 heavy (non-hydrogen) atoms. The first-order chi connectivity index (χ1) is 19.2. The molecule has 198 valence electrons. The number of aromatic nitrogens is 4. The van der Waals surface area contributed by atoms with Crippen LogP contribution in [0.3, 0.4) is 0 Å². The SMILES string of the molecule is C1=Cc2cc3ccc(cc4nc(cc5ccc(cc1n2)[nH]5)C=C4)[nH]3.Nc1ccccc1CCc1ccccc1.[Fe]. The van der Waals surface area contributed by atoms with Crippen molar-refractivity contribution in [2.45, 2.75) is 12.8 Å². The Morgan fingerprint density at radius 3 is 1.38 bits per heavy atom. The first kappa shape index (κ1) is 26.9. The molecule has 6 heteroatoms. The van der Waals surface area contributed by atoms with Crippen LogP contribution in [0.1, 0.15) is 33.9 Å². The van der Waals surface area contributed by atoms with Gasteiger partial charge >= 0.3 is 0 Å². The molecule has 0 amide bonds. The summed E-state index contributed by atoms with van der Waals surface area (Å²) in [4.78, 5) is 16.0. The third-order valence-corrected chi connectivity index (χ3v) is 6.62. The summed E-state index contributed by atoms with van der Waals surface area (Å²) >= 11 is 0. The molecule has 7 rings (SSSR count). The topological polar surface area (TPSA) is 83.4 Å². The second-order valence-corrected chi connectivity index (χ2v) is 9.59. The fourth-order valence-electron chi connectivity index (χ4n) is 4.63. The number of H-pyrrole nitrogens is 2. The molecule has 3 aromatic heterocycles. The molecule has 0 atom stereocenters. The summed E-state index contributed by atoms with van der Waals surface area (Å²) in [5, 5.41) is 0. The average molecular weight is 563 g/mol. The predicted octanol–water partition coefficient (Wildman–Crippen LogP) is 7.71. The van der Waals surface area contributed by atoms with E-state index in [0.29, 0.717) is 0 Å². The molecule has 0 unspecified atom stereocenters. The second kappa shape index (κ2) is 12.5. The molecule has 2 aliphatic rings. The number of para-hydroxylation sites is 1. The minimum Gasteiger partial charge on any atom is -0.399 e. The van der Waals surface area contributed by atoms with Gasteiger partial charge in [-0.1, -0.05) is 48.5 Å². The Morgan fingerprint density at radius 2 is 0.925 bits per heavy atom. The van der Waals surface area contributed by atoms with Crippen LogP contribution in [0.4, 0.5) is 5.69 Å². The van der Waals surface area contributed by atoms with Crippen LogP contribution in [0.25, 0.3) is 46.4 Å². The molecule has 5 nitrogen and oxygen atoms in total. The van der Waals surface area contributed by atoms with Crippen molar-refractivity contribution in [2.75, 3.05) is 5.73 Å². The maximum absolute atomic E-state index is 5.88. The van der Waals surface area contributed by atoms with Crippen LogP contribution in [-0.2, 0) is 29.9 Å². The van der Waals surface area contributed by atoms with Crippen LogP contribution in [0, 0.1) is 0 Å². The van der Waals surface area contributed by atoms with E-state index in [2.05, 4.69) is 74.5 Å². The van der Waals surface area contributed by atoms with Gasteiger partial charge in [-0.25, -0.2) is 9.97 Å². The van der Waals surface area contributed by atoms with Gasteiger partial charge in [0.25, 0.3) is 0 Å². The van der Waals surface area contributed by atoms with E-state index in [4.69, 9.17) is 5.73 Å². The van der Waals surface area contributed by atoms with Crippen molar-refractivity contribution in [3.05, 3.63) is 137 Å². The van der Waals surface area contributed by atoms with E-state index in [1.54, 1.807) is 0 Å². The molecule has 2 aromatic carbocycles. The van der Waals surface area contributed by atoms with Gasteiger partial charge in [-0.2, -0.15) is 0 Å². The monoisotopic (exact) mass is 563 g/mol. The fraction of sp³-hybridized carbons (Fsp3) is 0.0588. The molecular formula is C34H29FeN5. The minimum absolute atomic E-state index is 0. The summed E-state index contributed by atoms with van der Waals surface area (Å²) in [6, 6.07) is 34.9. The number of hydrogen-bond donors (Lipinski definition) is 3. The van der Waals surface area contributed by atoms with Crippen LogP contribution in [0.5, 0.6) is 0 Å². The Balaban J connectivity index is 0.000000175. The van der Waals surface area contributed by atoms with Gasteiger partial charge in [0.2, 0.25) is 0 Å². The van der Waals surface area contributed by atoms with E-state index in [1.165, 1.54) is 11.1 Å². The number of nitrogens with two attached hydrogens (primary N) is 1. The zero-order valence-corrected chi connectivity index (χ0v) is 23.0. The molecule has 0 radical (unpaired) electrons. The van der Waals surface area contributed by atoms with E-state index in [1.807, 2.05) is 72.8 Å². The summed E-state index contributed by atoms with van der Waals surface area (Å²) in [7, 11) is 0. The first-order valence-electron chi connectivity index (χ1n) is 13.1. The van der Waals surface area contributed by atoms with Crippen molar-refractivity contribution >= 4 is 52.1 Å². The molecule has 5 aromatic rings. The maximum atomic E-state index is 5.88. The van der Waals surface area contributed by atoms with Crippen molar-refractivity contribution in [1.29, 1.82) is 0 Å². The molecule has 0 saturated heterocycles. The van der Waals surface area contributed by atoms with Gasteiger partial charge in [-0.05, 0) is 103 Å². The van der Waals surface area contributed by atoms with E-state index in [-0.39, 0.29) is 17.1 Å². The van der Waals surface area contributed by atoms with Crippen LogP contribution in [0.15, 0.2) is 103 Å². The summed E-state index contributed by atoms with van der Waals surface area (Å²) in [6.07, 6.45) is 10.2. The zero-order chi connectivity index (χ0) is 26.4. The summed E-state index contributed by atoms with van der Waals surface area (Å²) in [5.41, 5.74) is 17.2. The van der Waals surface area contributed by atoms with Crippen molar-refractivity contribution in [2.24, 2.45) is 0 Å². The van der Waals surface area contributed by atoms with Crippen molar-refractivity contribution in [1.82, 2.24) is 19.9 Å². The van der Waals surface area contributed by atoms with E-state index >= 15 is 0 Å². The number of nitrogen functional groups attached to an aromatic ring is 1. The Bertz CT molecular complexity index is 1660. The first-order valence-corrected chi connectivity index (χ1v) is 13.1. The number of anilines is 1. The van der Waals surface area contributed by atoms with Crippen LogP contribution in [-0.4, -0.2) is 19.9 Å². The standard InChI is InChI=1S/C20H14N4.C14H15N.Fe/c1-2-14-10-16-5-6-18(23-16)12-20-8-7-19(24-20)11-17-4-3-15(22-17)9-13(1)21-14;15-14-9-5-4-8-13(14)11-10-12-6-2-1-3-7-12;/h1-12,21,24H;1-9H,10-11,15H2;. The third kappa shape index (κ3) is 6.86. The second-order valence-electron chi connectivity index (χ2n) is 9.59. The molecule has 0 fully saturated rings. The number of nitrogens with one attached hydrogen (secondary N) is 2. The molecule has 5 heterocycles. The Kier molecular flexibility index (Phi) is 8.41. The quantitative estimate of drug-likeness (QED) is 0.152. The van der Waals surface area contributed by atoms with Gasteiger partial charge < -0.3 is 15.7 Å². The minimum atomic E-state index is 0. The fourth-order valence-corrected chi connectivity index (χ4v) is 4.63. The average Bonchev–Trinajstić information content (AvgIpc) is 3.76. The molecule has 0 spiro atoms. The number of rotatable bonds is 3. The molecule has 0 aliphatic carbocycles. The van der Waals surface area contributed by atoms with E-state index in [0.717, 1.165) is 63.4 Å². The molecule has 0 saturated carbocycles. The molecule has 2 aliphatic heterocycles. The normalized spacial score (nSPS) is 11.4. The van der Waals surface area contributed by atoms with Gasteiger partial charge in [0.05, 0.1) is 22.8 Å². The van der Waals surface area contributed by atoms with Gasteiger partial charge in [0.15, 0.2) is 0 Å². The number of fused-ring (bicyclic) bond motifs is 8. The van der Waals surface area contributed by atoms with Crippen LogP contribution in [0.2, 0.25) is 0 Å². The Hall–Kier alpha value is -4.64. The number of hydrogen-bond acceptors (Lipinski definition) is 3. The van der Waals surface area contributed by atoms with Gasteiger partial charge in [0, 0.05) is 44.8 Å². The smallest absolute Gasteiger partial charge is 0.0658 e. The van der Waals surface area contributed by atoms with Gasteiger partial charge in [-0.3, -0.25) is 0 Å². The largest absolute Gasteiger partial charge is 0.399 e. The van der Waals surface area contributed by atoms with Crippen molar-refractivity contribution in [3.63, 3.8) is 0 Å². The van der Waals surface area contributed by atoms with Crippen molar-refractivity contribution < 1.29 is 17.1 Å². The van der Waals surface area contributed by atoms with E-state index in [9.17, 15) is 0 Å². The maximum Gasteiger partial charge on any atom is 0.0658 e. The van der Waals surface area contributed by atoms with Gasteiger partial charge in [-0.15, -0.1) is 0 Å². The molecule has 4 N–H and O–H groups in total. The third-order valence-electron chi connectivity index (χ3n) is 6.62. The number of aromatic amines is 2. The van der Waals surface area contributed by atoms with E-state index < -0.39 is 0 Å². The van der Waals surface area contributed by atoms with Crippen LogP contribution >= 0.6 is 0 Å². The number of benzene rings is 2. The Morgan fingerprint density at radius 1 is 0.500 bits per heavy atom. The summed E-state index contributed by atoms with van der Waals surface area (Å²) in [6.45, 7) is 0.